The average Bonchev–Trinajstić information content (AvgIpc) is 2.59. The molecule has 1 aliphatic rings. The molecule has 2 aromatic heterocycles. The van der Waals surface area contributed by atoms with Crippen LogP contribution in [0, 0.1) is 0 Å². The molecule has 10 heteroatoms. The first-order valence-electron chi connectivity index (χ1n) is 7.52. The molecule has 0 N–H and O–H groups in total. The number of piperazine rings is 1. The zero-order chi connectivity index (χ0) is 18.2. The minimum Gasteiger partial charge on any atom is -0.365 e. The van der Waals surface area contributed by atoms with E-state index in [1.54, 1.807) is 0 Å². The van der Waals surface area contributed by atoms with Crippen LogP contribution in [0.4, 0.5) is 24.7 Å². The number of rotatable bonds is 2. The van der Waals surface area contributed by atoms with Crippen molar-refractivity contribution in [2.45, 2.75) is 6.18 Å². The molecule has 0 aliphatic carbocycles. The van der Waals surface area contributed by atoms with E-state index in [1.165, 1.54) is 19.3 Å². The lowest BCUT2D eigenvalue weighted by molar-refractivity contribution is -0.137. The summed E-state index contributed by atoms with van der Waals surface area (Å²) in [5.74, 6) is 0.487. The first-order chi connectivity index (χ1) is 11.8. The molecule has 1 saturated heterocycles. The van der Waals surface area contributed by atoms with Gasteiger partial charge in [0.2, 0.25) is 0 Å². The molecule has 1 aliphatic heterocycles. The molecule has 134 valence electrons. The molecule has 3 rings (SSSR count). The molecule has 6 nitrogen and oxygen atoms in total. The van der Waals surface area contributed by atoms with Crippen molar-refractivity contribution in [2.24, 2.45) is 7.05 Å². The van der Waals surface area contributed by atoms with Gasteiger partial charge in [0.05, 0.1) is 17.4 Å². The lowest BCUT2D eigenvalue weighted by Crippen LogP contribution is -2.47. The van der Waals surface area contributed by atoms with Crippen LogP contribution in [0.25, 0.3) is 0 Å². The van der Waals surface area contributed by atoms with Crippen LogP contribution in [0.1, 0.15) is 5.56 Å². The number of alkyl halides is 3. The van der Waals surface area contributed by atoms with Crippen LogP contribution in [0.5, 0.6) is 0 Å². The molecule has 0 amide bonds. The maximum Gasteiger partial charge on any atom is 0.417 e. The number of hydrogen-bond donors (Lipinski definition) is 0. The van der Waals surface area contributed by atoms with Crippen LogP contribution in [0.15, 0.2) is 29.3 Å². The Hall–Kier alpha value is -2.29. The van der Waals surface area contributed by atoms with Gasteiger partial charge >= 0.3 is 6.18 Å². The average molecular weight is 374 g/mol. The summed E-state index contributed by atoms with van der Waals surface area (Å²) in [4.78, 5) is 19.6. The van der Waals surface area contributed by atoms with Gasteiger partial charge in [-0.05, 0) is 12.1 Å². The summed E-state index contributed by atoms with van der Waals surface area (Å²) in [5.41, 5.74) is -0.580. The van der Waals surface area contributed by atoms with E-state index in [4.69, 9.17) is 11.6 Å². The van der Waals surface area contributed by atoms with Crippen LogP contribution in [0.2, 0.25) is 5.02 Å². The maximum absolute atomic E-state index is 12.6. The van der Waals surface area contributed by atoms with E-state index in [1.807, 2.05) is 9.80 Å². The number of aryl methyl sites for hydroxylation is 1. The van der Waals surface area contributed by atoms with Crippen molar-refractivity contribution >= 4 is 23.1 Å². The van der Waals surface area contributed by atoms with Crippen molar-refractivity contribution in [3.63, 3.8) is 0 Å². The minimum atomic E-state index is -4.40. The van der Waals surface area contributed by atoms with Crippen molar-refractivity contribution in [3.05, 3.63) is 45.5 Å². The predicted molar refractivity (Wildman–Crippen MR) is 88.2 cm³/mol. The first kappa shape index (κ1) is 17.5. The van der Waals surface area contributed by atoms with Gasteiger partial charge in [0, 0.05) is 39.4 Å². The number of anilines is 2. The Morgan fingerprint density at radius 3 is 2.28 bits per heavy atom. The van der Waals surface area contributed by atoms with Crippen LogP contribution < -0.4 is 15.4 Å². The molecule has 0 radical (unpaired) electrons. The van der Waals surface area contributed by atoms with Crippen LogP contribution in [-0.2, 0) is 13.2 Å². The van der Waals surface area contributed by atoms with Crippen molar-refractivity contribution in [3.8, 4) is 0 Å². The second-order valence-electron chi connectivity index (χ2n) is 5.65. The van der Waals surface area contributed by atoms with Crippen molar-refractivity contribution < 1.29 is 13.2 Å². The van der Waals surface area contributed by atoms with Gasteiger partial charge in [-0.25, -0.2) is 9.67 Å². The summed E-state index contributed by atoms with van der Waals surface area (Å²) in [6.07, 6.45) is -2.02. The number of pyridine rings is 1. The Morgan fingerprint density at radius 2 is 1.72 bits per heavy atom. The molecule has 3 heterocycles. The van der Waals surface area contributed by atoms with Crippen LogP contribution >= 0.6 is 11.6 Å². The predicted octanol–water partition coefficient (Wildman–Crippen LogP) is 2.17. The molecular formula is C15H15ClF3N5O. The fourth-order valence-electron chi connectivity index (χ4n) is 2.64. The fourth-order valence-corrected chi connectivity index (χ4v) is 2.93. The zero-order valence-corrected chi connectivity index (χ0v) is 14.0. The summed E-state index contributed by atoms with van der Waals surface area (Å²) in [7, 11) is 1.52. The van der Waals surface area contributed by atoms with Crippen molar-refractivity contribution in [1.29, 1.82) is 0 Å². The first-order valence-corrected chi connectivity index (χ1v) is 7.90. The molecule has 1 fully saturated rings. The van der Waals surface area contributed by atoms with Crippen molar-refractivity contribution in [1.82, 2.24) is 14.8 Å². The van der Waals surface area contributed by atoms with Crippen LogP contribution in [-0.4, -0.2) is 40.9 Å². The van der Waals surface area contributed by atoms with Gasteiger partial charge in [-0.1, -0.05) is 11.6 Å². The minimum absolute atomic E-state index is 0.110. The summed E-state index contributed by atoms with van der Waals surface area (Å²) in [5, 5.41) is 4.08. The third-order valence-corrected chi connectivity index (χ3v) is 4.43. The maximum atomic E-state index is 12.6. The summed E-state index contributed by atoms with van der Waals surface area (Å²) in [6, 6.07) is 2.39. The highest BCUT2D eigenvalue weighted by molar-refractivity contribution is 6.33. The SMILES string of the molecule is Cn1ncc(N2CCN(c3ccc(C(F)(F)F)cn3)CC2)c(Cl)c1=O. The number of hydrogen-bond acceptors (Lipinski definition) is 5. The highest BCUT2D eigenvalue weighted by atomic mass is 35.5. The van der Waals surface area contributed by atoms with Crippen LogP contribution in [0.3, 0.4) is 0 Å². The standard InChI is InChI=1S/C15H15ClF3N5O/c1-22-14(25)13(16)11(9-21-22)23-4-6-24(7-5-23)12-3-2-10(8-20-12)15(17,18)19/h2-3,8-9H,4-7H2,1H3. The smallest absolute Gasteiger partial charge is 0.365 e. The Labute approximate surface area is 146 Å². The Bertz CT molecular complexity index is 813. The second-order valence-corrected chi connectivity index (χ2v) is 6.03. The van der Waals surface area contributed by atoms with E-state index in [-0.39, 0.29) is 10.6 Å². The molecule has 0 bridgehead atoms. The second kappa shape index (κ2) is 6.55. The van der Waals surface area contributed by atoms with Gasteiger partial charge in [-0.15, -0.1) is 0 Å². The van der Waals surface area contributed by atoms with Gasteiger partial charge in [0.15, 0.2) is 0 Å². The highest BCUT2D eigenvalue weighted by Crippen LogP contribution is 2.30. The van der Waals surface area contributed by atoms with Gasteiger partial charge in [-0.2, -0.15) is 18.3 Å². The molecule has 0 spiro atoms. The largest absolute Gasteiger partial charge is 0.417 e. The molecule has 0 saturated carbocycles. The van der Waals surface area contributed by atoms with Gasteiger partial charge in [-0.3, -0.25) is 4.79 Å². The molecule has 2 aromatic rings. The number of nitrogens with zero attached hydrogens (tertiary/aromatic N) is 5. The van der Waals surface area contributed by atoms with E-state index >= 15 is 0 Å². The quantitative estimate of drug-likeness (QED) is 0.807. The van der Waals surface area contributed by atoms with E-state index in [2.05, 4.69) is 10.1 Å². The zero-order valence-electron chi connectivity index (χ0n) is 13.3. The normalized spacial score (nSPS) is 15.6. The molecule has 0 unspecified atom stereocenters. The summed E-state index contributed by atoms with van der Waals surface area (Å²) in [6.45, 7) is 2.20. The van der Waals surface area contributed by atoms with E-state index in [9.17, 15) is 18.0 Å². The summed E-state index contributed by atoms with van der Waals surface area (Å²) >= 11 is 6.10. The molecule has 25 heavy (non-hydrogen) atoms. The highest BCUT2D eigenvalue weighted by Gasteiger charge is 2.31. The fraction of sp³-hybridized carbons (Fsp3) is 0.400. The molecule has 0 atom stereocenters. The Morgan fingerprint density at radius 1 is 1.08 bits per heavy atom. The lowest BCUT2D eigenvalue weighted by Gasteiger charge is -2.36. The number of halogens is 4. The third kappa shape index (κ3) is 3.55. The monoisotopic (exact) mass is 373 g/mol. The number of aromatic nitrogens is 3. The summed E-state index contributed by atoms with van der Waals surface area (Å²) < 4.78 is 38.9. The van der Waals surface area contributed by atoms with E-state index in [0.717, 1.165) is 16.9 Å². The van der Waals surface area contributed by atoms with Gasteiger partial charge in [0.25, 0.3) is 5.56 Å². The molecule has 0 aromatic carbocycles. The van der Waals surface area contributed by atoms with Gasteiger partial charge in [0.1, 0.15) is 10.8 Å². The lowest BCUT2D eigenvalue weighted by atomic mass is 10.2. The van der Waals surface area contributed by atoms with Gasteiger partial charge < -0.3 is 9.80 Å². The molecular weight excluding hydrogens is 359 g/mol. The van der Waals surface area contributed by atoms with E-state index in [0.29, 0.717) is 37.7 Å². The van der Waals surface area contributed by atoms with Crippen molar-refractivity contribution in [2.75, 3.05) is 36.0 Å². The Kier molecular flexibility index (Phi) is 4.59. The Balaban J connectivity index is 1.70. The topological polar surface area (TPSA) is 54.3 Å². The van der Waals surface area contributed by atoms with E-state index < -0.39 is 11.7 Å². The third-order valence-electron chi connectivity index (χ3n) is 4.08.